The second kappa shape index (κ2) is 1.92. The number of amides is 2. The van der Waals surface area contributed by atoms with E-state index >= 15 is 0 Å². The van der Waals surface area contributed by atoms with Crippen LogP contribution >= 0.6 is 0 Å². The summed E-state index contributed by atoms with van der Waals surface area (Å²) in [6.45, 7) is 0. The number of hydrogen-bond donors (Lipinski definition) is 1. The van der Waals surface area contributed by atoms with Crippen molar-refractivity contribution in [1.29, 1.82) is 0 Å². The zero-order valence-electron chi connectivity index (χ0n) is 6.63. The second-order valence-electron chi connectivity index (χ2n) is 2.33. The van der Waals surface area contributed by atoms with E-state index in [1.807, 2.05) is 0 Å². The maximum Gasteiger partial charge on any atom is 0.258 e. The van der Waals surface area contributed by atoms with E-state index in [1.54, 1.807) is 24.3 Å². The molecule has 0 aromatic heterocycles. The van der Waals surface area contributed by atoms with Gasteiger partial charge in [-0.2, -0.15) is 0 Å². The first kappa shape index (κ1) is 6.09. The molecule has 11 heavy (non-hydrogen) atoms. The number of nitrogens with one attached hydrogen (secondary N) is 1. The molecule has 1 radical (unpaired) electrons. The van der Waals surface area contributed by atoms with Crippen molar-refractivity contribution in [1.82, 2.24) is 5.32 Å². The van der Waals surface area contributed by atoms with Gasteiger partial charge in [0.15, 0.2) is 0 Å². The Labute approximate surface area is 64.5 Å². The van der Waals surface area contributed by atoms with E-state index < -0.39 is 0 Å². The first-order chi connectivity index (χ1) is 5.29. The van der Waals surface area contributed by atoms with Gasteiger partial charge in [-0.3, -0.25) is 14.9 Å². The van der Waals surface area contributed by atoms with Crippen LogP contribution < -0.4 is 5.32 Å². The van der Waals surface area contributed by atoms with Crippen molar-refractivity contribution in [2.75, 3.05) is 0 Å². The van der Waals surface area contributed by atoms with E-state index in [4.69, 9.17) is 0 Å². The number of imide groups is 1. The van der Waals surface area contributed by atoms with Crippen LogP contribution in [0.15, 0.2) is 24.3 Å². The highest BCUT2D eigenvalue weighted by atomic mass is 16.2. The zero-order chi connectivity index (χ0) is 7.84. The highest BCUT2D eigenvalue weighted by molar-refractivity contribution is 6.21. The van der Waals surface area contributed by atoms with Crippen LogP contribution in [0.25, 0.3) is 0 Å². The first-order valence-electron chi connectivity index (χ1n) is 3.24. The third kappa shape index (κ3) is 0.741. The monoisotopic (exact) mass is 148 g/mol. The molecule has 0 atom stereocenters. The van der Waals surface area contributed by atoms with Gasteiger partial charge in [0, 0.05) is 1.43 Å². The standard InChI is InChI=1S/C8H5NO2.H/c10-7-5-3-1-2-4-6(5)8(11)9-7;/h1-4H,(H,9,10,11);. The molecule has 0 spiro atoms. The van der Waals surface area contributed by atoms with Crippen molar-refractivity contribution >= 4 is 11.8 Å². The molecule has 1 aliphatic heterocycles. The first-order valence-corrected chi connectivity index (χ1v) is 3.24. The fourth-order valence-corrected chi connectivity index (χ4v) is 1.12. The van der Waals surface area contributed by atoms with Gasteiger partial charge in [-0.25, -0.2) is 0 Å². The fraction of sp³-hybridized carbons (Fsp3) is 0. The Morgan fingerprint density at radius 2 is 1.45 bits per heavy atom. The van der Waals surface area contributed by atoms with Crippen molar-refractivity contribution in [3.8, 4) is 0 Å². The van der Waals surface area contributed by atoms with Gasteiger partial charge in [0.05, 0.1) is 11.1 Å². The van der Waals surface area contributed by atoms with Crippen LogP contribution in [0.3, 0.4) is 0 Å². The van der Waals surface area contributed by atoms with Crippen molar-refractivity contribution in [2.45, 2.75) is 0 Å². The Kier molecular flexibility index (Phi) is 1.06. The normalized spacial score (nSPS) is 14.5. The van der Waals surface area contributed by atoms with Crippen LogP contribution in [0, 0.1) is 0 Å². The van der Waals surface area contributed by atoms with Gasteiger partial charge < -0.3 is 0 Å². The number of fused-ring (bicyclic) bond motifs is 1. The van der Waals surface area contributed by atoms with E-state index in [1.165, 1.54) is 0 Å². The molecule has 0 saturated heterocycles. The lowest BCUT2D eigenvalue weighted by atomic mass is 10.1. The largest absolute Gasteiger partial charge is 0.288 e. The number of carbonyl (C=O) groups is 2. The molecule has 1 aromatic rings. The number of rotatable bonds is 0. The average Bonchev–Trinajstić information content (AvgIpc) is 2.30. The average molecular weight is 148 g/mol. The molecule has 2 amide bonds. The van der Waals surface area contributed by atoms with E-state index in [2.05, 4.69) is 5.32 Å². The number of hydrogen-bond acceptors (Lipinski definition) is 2. The third-order valence-corrected chi connectivity index (χ3v) is 1.64. The Bertz CT molecular complexity index is 316. The summed E-state index contributed by atoms with van der Waals surface area (Å²) < 4.78 is 0. The van der Waals surface area contributed by atoms with E-state index in [9.17, 15) is 9.59 Å². The van der Waals surface area contributed by atoms with Crippen LogP contribution in [0.1, 0.15) is 22.1 Å². The second-order valence-corrected chi connectivity index (χ2v) is 2.33. The summed E-state index contributed by atoms with van der Waals surface area (Å²) >= 11 is 0. The van der Waals surface area contributed by atoms with Crippen molar-refractivity contribution in [2.24, 2.45) is 0 Å². The smallest absolute Gasteiger partial charge is 0.258 e. The minimum atomic E-state index is -0.300. The summed E-state index contributed by atoms with van der Waals surface area (Å²) in [6, 6.07) is 6.74. The Balaban J connectivity index is 0.000000720. The summed E-state index contributed by atoms with van der Waals surface area (Å²) in [6.07, 6.45) is 0. The molecular formula is C8H6NO2. The lowest BCUT2D eigenvalue weighted by Crippen LogP contribution is -2.19. The molecule has 0 aliphatic carbocycles. The highest BCUT2D eigenvalue weighted by Gasteiger charge is 2.25. The molecule has 3 nitrogen and oxygen atoms in total. The summed E-state index contributed by atoms with van der Waals surface area (Å²) in [5, 5.41) is 2.20. The molecule has 1 aliphatic rings. The van der Waals surface area contributed by atoms with Crippen LogP contribution in [0.2, 0.25) is 0 Å². The molecule has 0 fully saturated rings. The maximum absolute atomic E-state index is 10.9. The predicted molar refractivity (Wildman–Crippen MR) is 39.4 cm³/mol. The topological polar surface area (TPSA) is 46.2 Å². The molecule has 1 N–H and O–H groups in total. The van der Waals surface area contributed by atoms with Gasteiger partial charge in [-0.05, 0) is 12.1 Å². The van der Waals surface area contributed by atoms with Gasteiger partial charge in [0.25, 0.3) is 11.8 Å². The molecule has 0 bridgehead atoms. The number of carbonyl (C=O) groups excluding carboxylic acids is 2. The molecule has 55 valence electrons. The van der Waals surface area contributed by atoms with Crippen LogP contribution in [0.5, 0.6) is 0 Å². The van der Waals surface area contributed by atoms with Crippen molar-refractivity contribution in [3.63, 3.8) is 0 Å². The third-order valence-electron chi connectivity index (χ3n) is 1.64. The number of benzene rings is 1. The minimum absolute atomic E-state index is 0. The maximum atomic E-state index is 10.9. The quantitative estimate of drug-likeness (QED) is 0.550. The van der Waals surface area contributed by atoms with Gasteiger partial charge in [0.2, 0.25) is 0 Å². The lowest BCUT2D eigenvalue weighted by Gasteiger charge is -1.88. The zero-order valence-corrected chi connectivity index (χ0v) is 5.63. The molecule has 2 rings (SSSR count). The van der Waals surface area contributed by atoms with E-state index in [0.29, 0.717) is 11.1 Å². The van der Waals surface area contributed by atoms with Crippen LogP contribution in [-0.2, 0) is 0 Å². The minimum Gasteiger partial charge on any atom is -0.288 e. The summed E-state index contributed by atoms with van der Waals surface area (Å²) in [5.74, 6) is -0.601. The van der Waals surface area contributed by atoms with Gasteiger partial charge in [-0.15, -0.1) is 0 Å². The molecule has 1 heterocycles. The van der Waals surface area contributed by atoms with Crippen molar-refractivity contribution < 1.29 is 11.0 Å². The summed E-state index contributed by atoms with van der Waals surface area (Å²) in [4.78, 5) is 21.9. The predicted octanol–water partition coefficient (Wildman–Crippen LogP) is 0.683. The fourth-order valence-electron chi connectivity index (χ4n) is 1.12. The van der Waals surface area contributed by atoms with Crippen LogP contribution in [-0.4, -0.2) is 11.8 Å². The van der Waals surface area contributed by atoms with Crippen LogP contribution in [0.4, 0.5) is 0 Å². The van der Waals surface area contributed by atoms with Gasteiger partial charge in [-0.1, -0.05) is 12.1 Å². The van der Waals surface area contributed by atoms with E-state index in [0.717, 1.165) is 0 Å². The Morgan fingerprint density at radius 1 is 1.00 bits per heavy atom. The van der Waals surface area contributed by atoms with E-state index in [-0.39, 0.29) is 13.2 Å². The Morgan fingerprint density at radius 3 is 1.91 bits per heavy atom. The molecule has 0 unspecified atom stereocenters. The van der Waals surface area contributed by atoms with Gasteiger partial charge >= 0.3 is 0 Å². The molecule has 0 saturated carbocycles. The Hall–Kier alpha value is -1.64. The van der Waals surface area contributed by atoms with Gasteiger partial charge in [0.1, 0.15) is 0 Å². The molecule has 3 heteroatoms. The lowest BCUT2D eigenvalue weighted by molar-refractivity contribution is 0.0879. The SMILES string of the molecule is O=C1NC(=O)c2ccccc21.[H]. The summed E-state index contributed by atoms with van der Waals surface area (Å²) in [7, 11) is 0. The molecular weight excluding hydrogens is 142 g/mol. The highest BCUT2D eigenvalue weighted by Crippen LogP contribution is 2.13. The summed E-state index contributed by atoms with van der Waals surface area (Å²) in [5.41, 5.74) is 0.940. The molecule has 1 aromatic carbocycles. The van der Waals surface area contributed by atoms with Crippen molar-refractivity contribution in [3.05, 3.63) is 35.4 Å².